The van der Waals surface area contributed by atoms with Crippen molar-refractivity contribution in [1.29, 1.82) is 0 Å². The Morgan fingerprint density at radius 1 is 1.25 bits per heavy atom. The third-order valence-corrected chi connectivity index (χ3v) is 5.28. The molecular weight excluding hydrogens is 476 g/mol. The average Bonchev–Trinajstić information content (AvgIpc) is 2.82. The highest BCUT2D eigenvalue weighted by atomic mass is 19.3. The quantitative estimate of drug-likeness (QED) is 0.313. The second-order valence-electron chi connectivity index (χ2n) is 8.09. The summed E-state index contributed by atoms with van der Waals surface area (Å²) in [5, 5.41) is 12.8. The number of carbonyl (C=O) groups excluding carboxylic acids is 2. The van der Waals surface area contributed by atoms with E-state index >= 15 is 0 Å². The molecule has 2 N–H and O–H groups in total. The first-order chi connectivity index (χ1) is 17.0. The van der Waals surface area contributed by atoms with Gasteiger partial charge >= 0.3 is 11.7 Å². The fraction of sp³-hybridized carbons (Fsp3) is 0.346. The third-order valence-electron chi connectivity index (χ3n) is 5.28. The molecular formula is C26H29F2NO7. The molecule has 1 heterocycles. The number of alkyl halides is 2. The molecule has 0 fully saturated rings. The van der Waals surface area contributed by atoms with Gasteiger partial charge in [-0.15, -0.1) is 0 Å². The fourth-order valence-electron chi connectivity index (χ4n) is 3.26. The van der Waals surface area contributed by atoms with Crippen molar-refractivity contribution >= 4 is 18.0 Å². The Bertz CT molecular complexity index is 1200. The summed E-state index contributed by atoms with van der Waals surface area (Å²) in [5.41, 5.74) is 0.0339. The van der Waals surface area contributed by atoms with Gasteiger partial charge in [0.05, 0.1) is 7.11 Å². The van der Waals surface area contributed by atoms with Crippen LogP contribution in [0.25, 0.3) is 6.08 Å². The van der Waals surface area contributed by atoms with E-state index in [9.17, 15) is 28.3 Å². The van der Waals surface area contributed by atoms with Crippen LogP contribution in [-0.2, 0) is 4.74 Å². The van der Waals surface area contributed by atoms with E-state index in [-0.39, 0.29) is 23.0 Å². The lowest BCUT2D eigenvalue weighted by atomic mass is 9.98. The summed E-state index contributed by atoms with van der Waals surface area (Å²) in [6, 6.07) is 5.93. The molecule has 8 nitrogen and oxygen atoms in total. The van der Waals surface area contributed by atoms with Gasteiger partial charge in [-0.1, -0.05) is 19.1 Å². The molecule has 0 aliphatic heterocycles. The van der Waals surface area contributed by atoms with E-state index in [0.29, 0.717) is 24.0 Å². The normalized spacial score (nSPS) is 12.6. The van der Waals surface area contributed by atoms with Crippen molar-refractivity contribution in [2.24, 2.45) is 0 Å². The van der Waals surface area contributed by atoms with Crippen LogP contribution in [-0.4, -0.2) is 37.1 Å². The first kappa shape index (κ1) is 28.3. The average molecular weight is 506 g/mol. The Morgan fingerprint density at radius 2 is 1.97 bits per heavy atom. The molecule has 0 spiro atoms. The van der Waals surface area contributed by atoms with E-state index in [2.05, 4.69) is 10.1 Å². The lowest BCUT2D eigenvalue weighted by Gasteiger charge is -2.11. The van der Waals surface area contributed by atoms with Gasteiger partial charge in [0, 0.05) is 18.2 Å². The fourth-order valence-corrected chi connectivity index (χ4v) is 3.26. The minimum atomic E-state index is -2.59. The van der Waals surface area contributed by atoms with Crippen LogP contribution in [0.2, 0.25) is 0 Å². The highest BCUT2D eigenvalue weighted by Gasteiger charge is 2.22. The molecule has 0 aliphatic rings. The van der Waals surface area contributed by atoms with Crippen molar-refractivity contribution in [3.8, 4) is 11.5 Å². The maximum Gasteiger partial charge on any atom is 0.410 e. The zero-order valence-corrected chi connectivity index (χ0v) is 20.5. The van der Waals surface area contributed by atoms with Crippen molar-refractivity contribution in [1.82, 2.24) is 5.32 Å². The lowest BCUT2D eigenvalue weighted by molar-refractivity contribution is 0.0818. The topological polar surface area (TPSA) is 115 Å². The number of ketones is 1. The first-order valence-electron chi connectivity index (χ1n) is 11.1. The summed E-state index contributed by atoms with van der Waals surface area (Å²) >= 11 is 0. The van der Waals surface area contributed by atoms with Crippen LogP contribution in [0, 0.1) is 6.92 Å². The minimum Gasteiger partial charge on any atom is -0.507 e. The molecule has 194 valence electrons. The van der Waals surface area contributed by atoms with Gasteiger partial charge in [0.2, 0.25) is 0 Å². The second-order valence-corrected chi connectivity index (χ2v) is 8.09. The molecule has 1 unspecified atom stereocenters. The van der Waals surface area contributed by atoms with Crippen molar-refractivity contribution in [3.63, 3.8) is 0 Å². The van der Waals surface area contributed by atoms with Crippen molar-refractivity contribution < 1.29 is 37.4 Å². The van der Waals surface area contributed by atoms with Crippen molar-refractivity contribution in [2.45, 2.75) is 46.0 Å². The minimum absolute atomic E-state index is 0.172. The Labute approximate surface area is 207 Å². The number of rotatable bonds is 11. The molecule has 1 amide bonds. The first-order valence-corrected chi connectivity index (χ1v) is 11.1. The molecule has 0 saturated heterocycles. The van der Waals surface area contributed by atoms with E-state index < -0.39 is 41.8 Å². The number of ether oxygens (including phenoxy) is 2. The van der Waals surface area contributed by atoms with Gasteiger partial charge in [-0.05, 0) is 61.6 Å². The number of carbonyl (C=O) groups is 2. The molecule has 0 aliphatic carbocycles. The van der Waals surface area contributed by atoms with Crippen LogP contribution in [0.1, 0.15) is 59.9 Å². The highest BCUT2D eigenvalue weighted by Crippen LogP contribution is 2.27. The van der Waals surface area contributed by atoms with E-state index in [0.717, 1.165) is 0 Å². The Morgan fingerprint density at radius 3 is 2.58 bits per heavy atom. The number of allylic oxidation sites excluding steroid dienone is 2. The number of Topliss-reactive ketones (excluding diaryl/α,β-unsaturated/α-hetero) is 1. The number of hydrogen-bond acceptors (Lipinski definition) is 7. The number of nitrogens with one attached hydrogen (secondary N) is 1. The summed E-state index contributed by atoms with van der Waals surface area (Å²) in [4.78, 5) is 36.5. The van der Waals surface area contributed by atoms with Gasteiger partial charge in [-0.2, -0.15) is 0 Å². The molecule has 1 atom stereocenters. The molecule has 2 rings (SSSR count). The number of amides is 1. The van der Waals surface area contributed by atoms with Gasteiger partial charge < -0.3 is 19.0 Å². The highest BCUT2D eigenvalue weighted by molar-refractivity contribution is 6.12. The summed E-state index contributed by atoms with van der Waals surface area (Å²) in [5.74, 6) is -0.941. The third kappa shape index (κ3) is 8.07. The number of halogens is 2. The van der Waals surface area contributed by atoms with Crippen LogP contribution in [0.4, 0.5) is 13.6 Å². The van der Waals surface area contributed by atoms with Gasteiger partial charge in [0.1, 0.15) is 29.4 Å². The predicted molar refractivity (Wildman–Crippen MR) is 130 cm³/mol. The molecule has 0 bridgehead atoms. The summed E-state index contributed by atoms with van der Waals surface area (Å²) < 4.78 is 39.4. The van der Waals surface area contributed by atoms with E-state index in [4.69, 9.17) is 9.15 Å². The zero-order chi connectivity index (χ0) is 26.8. The van der Waals surface area contributed by atoms with E-state index in [1.54, 1.807) is 32.1 Å². The van der Waals surface area contributed by atoms with Crippen LogP contribution in [0.5, 0.6) is 11.5 Å². The molecule has 1 aromatic heterocycles. The van der Waals surface area contributed by atoms with Gasteiger partial charge in [-0.25, -0.2) is 18.4 Å². The Kier molecular flexibility index (Phi) is 10.4. The van der Waals surface area contributed by atoms with E-state index in [1.165, 1.54) is 38.4 Å². The summed E-state index contributed by atoms with van der Waals surface area (Å²) in [7, 11) is 1.25. The lowest BCUT2D eigenvalue weighted by Crippen LogP contribution is -2.17. The predicted octanol–water partition coefficient (Wildman–Crippen LogP) is 5.34. The molecule has 0 radical (unpaired) electrons. The van der Waals surface area contributed by atoms with Crippen LogP contribution in [0.3, 0.4) is 0 Å². The number of hydrogen-bond donors (Lipinski definition) is 2. The summed E-state index contributed by atoms with van der Waals surface area (Å²) in [6.07, 6.45) is 2.58. The second kappa shape index (κ2) is 13.2. The zero-order valence-electron chi connectivity index (χ0n) is 20.5. The van der Waals surface area contributed by atoms with Crippen LogP contribution in [0.15, 0.2) is 51.3 Å². The smallest absolute Gasteiger partial charge is 0.410 e. The van der Waals surface area contributed by atoms with Crippen LogP contribution >= 0.6 is 0 Å². The molecule has 1 aromatic carbocycles. The van der Waals surface area contributed by atoms with Gasteiger partial charge in [-0.3, -0.25) is 10.1 Å². The summed E-state index contributed by atoms with van der Waals surface area (Å²) in [6.45, 7) is 4.29. The number of aromatic hydroxyl groups is 1. The SMILES string of the molecule is COC(=O)N/C=C/CCC(C)c1cc(O)c(C(=O)C(C)=Cc2ccc(OCC(F)F)cc2C)c(=O)o1. The standard InChI is InChI=1S/C26H29F2NO7/c1-15(7-5-6-10-29-26(33)34-4)21-13-20(30)23(25(32)36-21)24(31)17(3)11-18-8-9-19(12-16(18)2)35-14-22(27)28/h6,8-13,15,22,30H,5,7,14H2,1-4H3,(H,29,33)/b10-6+,17-11?. The Balaban J connectivity index is 2.14. The number of benzene rings is 1. The molecule has 10 heteroatoms. The molecule has 36 heavy (non-hydrogen) atoms. The monoisotopic (exact) mass is 505 g/mol. The van der Waals surface area contributed by atoms with E-state index in [1.807, 2.05) is 0 Å². The molecule has 0 saturated carbocycles. The van der Waals surface area contributed by atoms with Crippen LogP contribution < -0.4 is 15.7 Å². The number of aryl methyl sites for hydroxylation is 1. The maximum absolute atomic E-state index is 12.9. The van der Waals surface area contributed by atoms with Gasteiger partial charge in [0.25, 0.3) is 6.43 Å². The maximum atomic E-state index is 12.9. The number of methoxy groups -OCH3 is 1. The number of alkyl carbamates (subject to hydrolysis) is 1. The van der Waals surface area contributed by atoms with Gasteiger partial charge in [0.15, 0.2) is 5.78 Å². The molecule has 2 aromatic rings. The Hall–Kier alpha value is -3.95. The largest absolute Gasteiger partial charge is 0.507 e. The van der Waals surface area contributed by atoms with Crippen molar-refractivity contribution in [3.05, 3.63) is 75.0 Å². The van der Waals surface area contributed by atoms with Crippen molar-refractivity contribution in [2.75, 3.05) is 13.7 Å².